The molecular formula is C22H25NO4. The van der Waals surface area contributed by atoms with Crippen LogP contribution in [0.25, 0.3) is 0 Å². The van der Waals surface area contributed by atoms with E-state index >= 15 is 0 Å². The third kappa shape index (κ3) is 3.52. The largest absolute Gasteiger partial charge is 0.497 e. The average Bonchev–Trinajstić information content (AvgIpc) is 2.99. The number of ether oxygens (including phenoxy) is 2. The molecule has 2 heterocycles. The molecule has 0 aliphatic carbocycles. The molecule has 1 amide bonds. The number of nitrogens with zero attached hydrogens (tertiary/aromatic N) is 1. The highest BCUT2D eigenvalue weighted by Gasteiger charge is 2.50. The molecule has 2 saturated heterocycles. The third-order valence-electron chi connectivity index (χ3n) is 5.79. The molecule has 142 valence electrons. The molecule has 1 N–H and O–H groups in total. The molecule has 2 unspecified atom stereocenters. The predicted octanol–water partition coefficient (Wildman–Crippen LogP) is 3.85. The maximum Gasteiger partial charge on any atom is 0.410 e. The van der Waals surface area contributed by atoms with E-state index in [1.165, 1.54) is 0 Å². The summed E-state index contributed by atoms with van der Waals surface area (Å²) in [5.41, 5.74) is 0.899. The number of hydrogen-bond donors (Lipinski definition) is 1. The lowest BCUT2D eigenvalue weighted by Gasteiger charge is -2.43. The summed E-state index contributed by atoms with van der Waals surface area (Å²) in [7, 11) is 1.62. The van der Waals surface area contributed by atoms with E-state index in [9.17, 15) is 9.90 Å². The van der Waals surface area contributed by atoms with Crippen LogP contribution in [0.2, 0.25) is 0 Å². The Morgan fingerprint density at radius 1 is 1.11 bits per heavy atom. The van der Waals surface area contributed by atoms with E-state index in [1.807, 2.05) is 59.5 Å². The maximum absolute atomic E-state index is 12.7. The number of amides is 1. The highest BCUT2D eigenvalue weighted by atomic mass is 16.6. The summed E-state index contributed by atoms with van der Waals surface area (Å²) >= 11 is 0. The number of hydrogen-bond acceptors (Lipinski definition) is 4. The molecule has 2 aliphatic heterocycles. The van der Waals surface area contributed by atoms with Crippen LogP contribution >= 0.6 is 0 Å². The molecule has 0 aromatic heterocycles. The van der Waals surface area contributed by atoms with Crippen molar-refractivity contribution in [3.8, 4) is 5.75 Å². The predicted molar refractivity (Wildman–Crippen MR) is 101 cm³/mol. The van der Waals surface area contributed by atoms with Gasteiger partial charge in [-0.15, -0.1) is 0 Å². The number of benzene rings is 2. The Bertz CT molecular complexity index is 793. The van der Waals surface area contributed by atoms with Crippen LogP contribution in [0, 0.1) is 0 Å². The number of carbonyl (C=O) groups is 1. The van der Waals surface area contributed by atoms with E-state index < -0.39 is 5.60 Å². The minimum atomic E-state index is -0.934. The number of rotatable bonds is 4. The van der Waals surface area contributed by atoms with Gasteiger partial charge in [0.1, 0.15) is 12.4 Å². The van der Waals surface area contributed by atoms with Crippen molar-refractivity contribution >= 4 is 6.09 Å². The van der Waals surface area contributed by atoms with Crippen LogP contribution < -0.4 is 4.74 Å². The molecule has 5 heteroatoms. The topological polar surface area (TPSA) is 59.0 Å². The first-order chi connectivity index (χ1) is 13.1. The Kier molecular flexibility index (Phi) is 4.79. The smallest absolute Gasteiger partial charge is 0.410 e. The Morgan fingerprint density at radius 3 is 2.48 bits per heavy atom. The van der Waals surface area contributed by atoms with Crippen molar-refractivity contribution in [3.05, 3.63) is 65.7 Å². The summed E-state index contributed by atoms with van der Waals surface area (Å²) in [6, 6.07) is 17.3. The summed E-state index contributed by atoms with van der Waals surface area (Å²) in [6.07, 6.45) is 2.57. The SMILES string of the molecule is COc1cccc(C2(O)CC3CCC(C2)N3C(=O)OCc2ccccc2)c1. The molecule has 2 aliphatic rings. The molecule has 4 rings (SSSR count). The number of methoxy groups -OCH3 is 1. The molecule has 27 heavy (non-hydrogen) atoms. The highest BCUT2D eigenvalue weighted by Crippen LogP contribution is 2.46. The standard InChI is InChI=1S/C22H25NO4/c1-26-20-9-5-8-17(12-20)22(25)13-18-10-11-19(14-22)23(18)21(24)27-15-16-6-3-2-4-7-16/h2-9,12,18-19,25H,10-11,13-15H2,1H3. The second-order valence-electron chi connectivity index (χ2n) is 7.50. The lowest BCUT2D eigenvalue weighted by molar-refractivity contribution is -0.0537. The van der Waals surface area contributed by atoms with Crippen LogP contribution in [0.3, 0.4) is 0 Å². The van der Waals surface area contributed by atoms with Crippen molar-refractivity contribution in [2.24, 2.45) is 0 Å². The van der Waals surface area contributed by atoms with Gasteiger partial charge in [-0.2, -0.15) is 0 Å². The van der Waals surface area contributed by atoms with Crippen molar-refractivity contribution < 1.29 is 19.4 Å². The van der Waals surface area contributed by atoms with Gasteiger partial charge in [-0.25, -0.2) is 4.79 Å². The van der Waals surface area contributed by atoms with Gasteiger partial charge in [0.05, 0.1) is 12.7 Å². The monoisotopic (exact) mass is 367 g/mol. The minimum Gasteiger partial charge on any atom is -0.497 e. The number of piperidine rings is 1. The average molecular weight is 367 g/mol. The van der Waals surface area contributed by atoms with Crippen LogP contribution in [0.4, 0.5) is 4.79 Å². The zero-order chi connectivity index (χ0) is 18.9. The molecule has 2 aromatic rings. The maximum atomic E-state index is 12.7. The van der Waals surface area contributed by atoms with Crippen molar-refractivity contribution in [2.45, 2.75) is 50.0 Å². The molecular weight excluding hydrogens is 342 g/mol. The van der Waals surface area contributed by atoms with Gasteiger partial charge in [-0.3, -0.25) is 0 Å². The number of aliphatic hydroxyl groups is 1. The number of carbonyl (C=O) groups excluding carboxylic acids is 1. The molecule has 2 aromatic carbocycles. The second kappa shape index (κ2) is 7.24. The summed E-state index contributed by atoms with van der Waals surface area (Å²) in [4.78, 5) is 14.5. The summed E-state index contributed by atoms with van der Waals surface area (Å²) in [5.74, 6) is 0.734. The molecule has 2 atom stereocenters. The molecule has 0 radical (unpaired) electrons. The fourth-order valence-electron chi connectivity index (χ4n) is 4.47. The Morgan fingerprint density at radius 2 is 1.81 bits per heavy atom. The number of fused-ring (bicyclic) bond motifs is 2. The van der Waals surface area contributed by atoms with Gasteiger partial charge >= 0.3 is 6.09 Å². The zero-order valence-electron chi connectivity index (χ0n) is 15.5. The van der Waals surface area contributed by atoms with Gasteiger partial charge < -0.3 is 19.5 Å². The van der Waals surface area contributed by atoms with Crippen molar-refractivity contribution in [1.29, 1.82) is 0 Å². The van der Waals surface area contributed by atoms with Crippen LogP contribution in [-0.4, -0.2) is 35.3 Å². The van der Waals surface area contributed by atoms with Crippen LogP contribution in [0.15, 0.2) is 54.6 Å². The quantitative estimate of drug-likeness (QED) is 0.892. The highest BCUT2D eigenvalue weighted by molar-refractivity contribution is 5.69. The van der Waals surface area contributed by atoms with E-state index in [0.717, 1.165) is 29.7 Å². The van der Waals surface area contributed by atoms with Gasteiger partial charge in [0.2, 0.25) is 0 Å². The van der Waals surface area contributed by atoms with Crippen LogP contribution in [0.5, 0.6) is 5.75 Å². The first kappa shape index (κ1) is 17.9. The molecule has 0 saturated carbocycles. The summed E-state index contributed by atoms with van der Waals surface area (Å²) in [6.45, 7) is 0.274. The second-order valence-corrected chi connectivity index (χ2v) is 7.50. The lowest BCUT2D eigenvalue weighted by Crippen LogP contribution is -2.52. The van der Waals surface area contributed by atoms with Crippen molar-refractivity contribution in [1.82, 2.24) is 4.90 Å². The van der Waals surface area contributed by atoms with E-state index in [0.29, 0.717) is 12.8 Å². The minimum absolute atomic E-state index is 0.00299. The summed E-state index contributed by atoms with van der Waals surface area (Å²) < 4.78 is 10.8. The first-order valence-electron chi connectivity index (χ1n) is 9.45. The van der Waals surface area contributed by atoms with Gasteiger partial charge in [-0.1, -0.05) is 42.5 Å². The normalized spacial score (nSPS) is 26.7. The Hall–Kier alpha value is -2.53. The molecule has 2 bridgehead atoms. The van der Waals surface area contributed by atoms with Gasteiger partial charge in [0.25, 0.3) is 0 Å². The van der Waals surface area contributed by atoms with E-state index in [1.54, 1.807) is 7.11 Å². The fraction of sp³-hybridized carbons (Fsp3) is 0.409. The van der Waals surface area contributed by atoms with Gasteiger partial charge in [0.15, 0.2) is 0 Å². The van der Waals surface area contributed by atoms with E-state index in [-0.39, 0.29) is 24.8 Å². The molecule has 5 nitrogen and oxygen atoms in total. The Labute approximate surface area is 159 Å². The van der Waals surface area contributed by atoms with Gasteiger partial charge in [-0.05, 0) is 36.1 Å². The first-order valence-corrected chi connectivity index (χ1v) is 9.45. The lowest BCUT2D eigenvalue weighted by atomic mass is 9.80. The van der Waals surface area contributed by atoms with Crippen LogP contribution in [0.1, 0.15) is 36.8 Å². The van der Waals surface area contributed by atoms with Crippen molar-refractivity contribution in [2.75, 3.05) is 7.11 Å². The Balaban J connectivity index is 1.46. The van der Waals surface area contributed by atoms with E-state index in [2.05, 4.69) is 0 Å². The third-order valence-corrected chi connectivity index (χ3v) is 5.79. The molecule has 0 spiro atoms. The van der Waals surface area contributed by atoms with Crippen molar-refractivity contribution in [3.63, 3.8) is 0 Å². The fourth-order valence-corrected chi connectivity index (χ4v) is 4.47. The van der Waals surface area contributed by atoms with E-state index in [4.69, 9.17) is 9.47 Å². The summed E-state index contributed by atoms with van der Waals surface area (Å²) in [5, 5.41) is 11.3. The van der Waals surface area contributed by atoms with Gasteiger partial charge in [0, 0.05) is 24.9 Å². The zero-order valence-corrected chi connectivity index (χ0v) is 15.5. The van der Waals surface area contributed by atoms with Crippen LogP contribution in [-0.2, 0) is 16.9 Å². The molecule has 2 fully saturated rings.